The summed E-state index contributed by atoms with van der Waals surface area (Å²) in [7, 11) is -3.54. The van der Waals surface area contributed by atoms with E-state index in [0.29, 0.717) is 13.1 Å². The first-order valence-corrected chi connectivity index (χ1v) is 10.0. The Labute approximate surface area is 144 Å². The smallest absolute Gasteiger partial charge is 0.247 e. The molecule has 2 aliphatic heterocycles. The second-order valence-corrected chi connectivity index (χ2v) is 8.77. The highest BCUT2D eigenvalue weighted by Gasteiger charge is 2.30. The highest BCUT2D eigenvalue weighted by atomic mass is 32.2. The molecule has 9 heteroatoms. The summed E-state index contributed by atoms with van der Waals surface area (Å²) in [5.74, 6) is 2.24. The number of rotatable bonds is 3. The zero-order valence-corrected chi connectivity index (χ0v) is 14.4. The summed E-state index contributed by atoms with van der Waals surface area (Å²) in [4.78, 5) is 0.106. The van der Waals surface area contributed by atoms with E-state index in [9.17, 15) is 8.42 Å². The van der Waals surface area contributed by atoms with Crippen LogP contribution in [0.5, 0.6) is 11.5 Å². The molecule has 4 rings (SSSR count). The molecule has 0 aliphatic carbocycles. The number of hydrogen-bond donors (Lipinski definition) is 0. The molecule has 7 nitrogen and oxygen atoms in total. The van der Waals surface area contributed by atoms with Crippen LogP contribution in [0.2, 0.25) is 0 Å². The summed E-state index contributed by atoms with van der Waals surface area (Å²) in [6.45, 7) is 1.18. The lowest BCUT2D eigenvalue weighted by molar-refractivity contribution is 0.174. The number of thioether (sulfide) groups is 1. The maximum absolute atomic E-state index is 12.6. The summed E-state index contributed by atoms with van der Waals surface area (Å²) < 4.78 is 42.1. The van der Waals surface area contributed by atoms with Crippen molar-refractivity contribution in [3.8, 4) is 11.5 Å². The molecule has 0 bridgehead atoms. The molecule has 1 fully saturated rings. The number of sulfonamides is 1. The van der Waals surface area contributed by atoms with Gasteiger partial charge in [-0.2, -0.15) is 16.1 Å². The molecule has 0 N–H and O–H groups in total. The Morgan fingerprint density at radius 1 is 1.21 bits per heavy atom. The van der Waals surface area contributed by atoms with Crippen molar-refractivity contribution >= 4 is 21.8 Å². The normalized spacial score (nSPS) is 21.6. The third-order valence-electron chi connectivity index (χ3n) is 4.12. The zero-order chi connectivity index (χ0) is 16.6. The molecule has 1 unspecified atom stereocenters. The van der Waals surface area contributed by atoms with Crippen molar-refractivity contribution in [2.45, 2.75) is 16.6 Å². The second-order valence-electron chi connectivity index (χ2n) is 5.53. The van der Waals surface area contributed by atoms with Crippen LogP contribution in [0.4, 0.5) is 0 Å². The van der Waals surface area contributed by atoms with Gasteiger partial charge in [-0.15, -0.1) is 0 Å². The molecule has 1 atom stereocenters. The molecular weight excluding hydrogens is 352 g/mol. The van der Waals surface area contributed by atoms with Gasteiger partial charge in [-0.25, -0.2) is 8.42 Å². The second kappa shape index (κ2) is 6.30. The fraction of sp³-hybridized carbons (Fsp3) is 0.400. The maximum Gasteiger partial charge on any atom is 0.247 e. The van der Waals surface area contributed by atoms with Crippen LogP contribution in [0.25, 0.3) is 0 Å². The lowest BCUT2D eigenvalue weighted by Gasteiger charge is -2.18. The average molecular weight is 368 g/mol. The Bertz CT molecular complexity index is 822. The Hall–Kier alpha value is -1.71. The highest BCUT2D eigenvalue weighted by molar-refractivity contribution is 7.99. The minimum Gasteiger partial charge on any atom is -0.454 e. The van der Waals surface area contributed by atoms with Crippen molar-refractivity contribution in [1.82, 2.24) is 9.46 Å². The topological polar surface area (TPSA) is 81.9 Å². The molecular formula is C15H16N2O5S2. The first-order chi connectivity index (χ1) is 11.6. The quantitative estimate of drug-likeness (QED) is 0.822. The van der Waals surface area contributed by atoms with E-state index in [1.54, 1.807) is 11.8 Å². The summed E-state index contributed by atoms with van der Waals surface area (Å²) in [5, 5.41) is 3.71. The van der Waals surface area contributed by atoms with Crippen molar-refractivity contribution in [2.24, 2.45) is 0 Å². The van der Waals surface area contributed by atoms with Crippen molar-refractivity contribution in [1.29, 1.82) is 0 Å². The number of fused-ring (bicyclic) bond motifs is 1. The van der Waals surface area contributed by atoms with Gasteiger partial charge in [0.1, 0.15) is 11.2 Å². The Balaban J connectivity index is 1.51. The van der Waals surface area contributed by atoms with E-state index in [0.717, 1.165) is 29.2 Å². The van der Waals surface area contributed by atoms with Gasteiger partial charge in [-0.3, -0.25) is 0 Å². The Morgan fingerprint density at radius 2 is 2.08 bits per heavy atom. The Kier molecular flexibility index (Phi) is 4.15. The van der Waals surface area contributed by atoms with Gasteiger partial charge in [0.05, 0.1) is 6.20 Å². The highest BCUT2D eigenvalue weighted by Crippen LogP contribution is 2.40. The standard InChI is InChI=1S/C15H16N2O5S2/c18-24(19,12-8-16-22-9-12)17-4-3-15(23-6-5-17)11-1-2-13-14(7-11)21-10-20-13/h1-2,7-9,15H,3-6,10H2. The van der Waals surface area contributed by atoms with E-state index < -0.39 is 10.0 Å². The largest absolute Gasteiger partial charge is 0.454 e. The summed E-state index contributed by atoms with van der Waals surface area (Å²) in [6.07, 6.45) is 3.14. The van der Waals surface area contributed by atoms with Crippen LogP contribution in [0.15, 0.2) is 40.1 Å². The molecule has 1 saturated heterocycles. The van der Waals surface area contributed by atoms with Gasteiger partial charge in [0, 0.05) is 24.1 Å². The first-order valence-electron chi connectivity index (χ1n) is 7.55. The minimum atomic E-state index is -3.54. The lowest BCUT2D eigenvalue weighted by Crippen LogP contribution is -2.32. The lowest BCUT2D eigenvalue weighted by atomic mass is 10.1. The van der Waals surface area contributed by atoms with Crippen molar-refractivity contribution in [2.75, 3.05) is 25.6 Å². The first kappa shape index (κ1) is 15.8. The van der Waals surface area contributed by atoms with Crippen LogP contribution in [-0.2, 0) is 10.0 Å². The van der Waals surface area contributed by atoms with Gasteiger partial charge in [-0.05, 0) is 24.1 Å². The number of aromatic nitrogens is 1. The van der Waals surface area contributed by atoms with Gasteiger partial charge < -0.3 is 14.0 Å². The molecule has 0 spiro atoms. The average Bonchev–Trinajstić information content (AvgIpc) is 3.21. The maximum atomic E-state index is 12.6. The van der Waals surface area contributed by atoms with E-state index in [1.807, 2.05) is 18.2 Å². The third kappa shape index (κ3) is 2.87. The molecule has 24 heavy (non-hydrogen) atoms. The van der Waals surface area contributed by atoms with Crippen LogP contribution >= 0.6 is 11.8 Å². The van der Waals surface area contributed by atoms with Crippen LogP contribution < -0.4 is 9.47 Å². The molecule has 2 aromatic rings. The zero-order valence-electron chi connectivity index (χ0n) is 12.8. The van der Waals surface area contributed by atoms with Gasteiger partial charge in [-0.1, -0.05) is 11.2 Å². The van der Waals surface area contributed by atoms with Gasteiger partial charge in [0.2, 0.25) is 16.8 Å². The molecule has 1 aromatic carbocycles. The van der Waals surface area contributed by atoms with Crippen LogP contribution in [0.1, 0.15) is 17.2 Å². The molecule has 0 amide bonds. The van der Waals surface area contributed by atoms with E-state index in [1.165, 1.54) is 16.8 Å². The van der Waals surface area contributed by atoms with E-state index >= 15 is 0 Å². The Morgan fingerprint density at radius 3 is 2.92 bits per heavy atom. The minimum absolute atomic E-state index is 0.106. The van der Waals surface area contributed by atoms with E-state index in [-0.39, 0.29) is 16.9 Å². The monoisotopic (exact) mass is 368 g/mol. The summed E-state index contributed by atoms with van der Waals surface area (Å²) >= 11 is 1.76. The molecule has 2 aliphatic rings. The van der Waals surface area contributed by atoms with E-state index in [4.69, 9.17) is 9.47 Å². The van der Waals surface area contributed by atoms with Crippen molar-refractivity contribution in [3.63, 3.8) is 0 Å². The molecule has 128 valence electrons. The number of hydrogen-bond acceptors (Lipinski definition) is 7. The van der Waals surface area contributed by atoms with Crippen LogP contribution in [-0.4, -0.2) is 43.5 Å². The number of nitrogens with zero attached hydrogens (tertiary/aromatic N) is 2. The predicted octanol–water partition coefficient (Wildman–Crippen LogP) is 2.27. The molecule has 1 aromatic heterocycles. The van der Waals surface area contributed by atoms with Gasteiger partial charge >= 0.3 is 0 Å². The third-order valence-corrected chi connectivity index (χ3v) is 7.29. The predicted molar refractivity (Wildman–Crippen MR) is 87.6 cm³/mol. The SMILES string of the molecule is O=S(=O)(c1cnoc1)N1CCSC(c2ccc3c(c2)OCO3)CC1. The molecule has 0 radical (unpaired) electrons. The van der Waals surface area contributed by atoms with Gasteiger partial charge in [0.15, 0.2) is 11.5 Å². The van der Waals surface area contributed by atoms with Crippen molar-refractivity contribution in [3.05, 3.63) is 36.2 Å². The molecule has 0 saturated carbocycles. The number of benzene rings is 1. The van der Waals surface area contributed by atoms with Gasteiger partial charge in [0.25, 0.3) is 0 Å². The fourth-order valence-electron chi connectivity index (χ4n) is 2.84. The molecule has 3 heterocycles. The van der Waals surface area contributed by atoms with E-state index in [2.05, 4.69) is 9.68 Å². The number of ether oxygens (including phenoxy) is 2. The van der Waals surface area contributed by atoms with Crippen LogP contribution in [0.3, 0.4) is 0 Å². The fourth-order valence-corrected chi connectivity index (χ4v) is 5.49. The summed E-state index contributed by atoms with van der Waals surface area (Å²) in [6, 6.07) is 5.92. The van der Waals surface area contributed by atoms with Crippen LogP contribution in [0, 0.1) is 0 Å². The summed E-state index contributed by atoms with van der Waals surface area (Å²) in [5.41, 5.74) is 1.13. The van der Waals surface area contributed by atoms with Crippen molar-refractivity contribution < 1.29 is 22.4 Å².